The van der Waals surface area contributed by atoms with Crippen LogP contribution in [0.2, 0.25) is 0 Å². The van der Waals surface area contributed by atoms with Crippen molar-refractivity contribution in [2.75, 3.05) is 44.7 Å². The number of rotatable bonds is 6. The van der Waals surface area contributed by atoms with E-state index in [9.17, 15) is 14.4 Å². The predicted molar refractivity (Wildman–Crippen MR) is 144 cm³/mol. The number of hydrogen-bond acceptors (Lipinski definition) is 5. The zero-order chi connectivity index (χ0) is 26.2. The van der Waals surface area contributed by atoms with Gasteiger partial charge in [0.2, 0.25) is 5.91 Å². The van der Waals surface area contributed by atoms with Gasteiger partial charge in [-0.2, -0.15) is 0 Å². The van der Waals surface area contributed by atoms with E-state index in [0.29, 0.717) is 32.7 Å². The minimum atomic E-state index is -1.12. The number of urea groups is 1. The molecule has 0 bridgehead atoms. The molecule has 1 unspecified atom stereocenters. The van der Waals surface area contributed by atoms with Crippen LogP contribution in [-0.4, -0.2) is 71.9 Å². The van der Waals surface area contributed by atoms with E-state index < -0.39 is 5.54 Å². The summed E-state index contributed by atoms with van der Waals surface area (Å²) in [6.07, 6.45) is 0. The maximum Gasteiger partial charge on any atom is 0.326 e. The fourth-order valence-electron chi connectivity index (χ4n) is 5.24. The van der Waals surface area contributed by atoms with Crippen LogP contribution in [0.25, 0.3) is 10.8 Å². The number of anilines is 1. The molecule has 0 aromatic heterocycles. The third-order valence-corrected chi connectivity index (χ3v) is 7.66. The molecule has 192 valence electrons. The molecule has 2 fully saturated rings. The predicted octanol–water partition coefficient (Wildman–Crippen LogP) is 3.44. The van der Waals surface area contributed by atoms with Crippen LogP contribution < -0.4 is 10.6 Å². The number of imide groups is 1. The average Bonchev–Trinajstić information content (AvgIpc) is 3.11. The van der Waals surface area contributed by atoms with E-state index in [1.807, 2.05) is 74.5 Å². The van der Waals surface area contributed by atoms with Gasteiger partial charge >= 0.3 is 6.03 Å². The van der Waals surface area contributed by atoms with Gasteiger partial charge in [-0.3, -0.25) is 19.4 Å². The highest BCUT2D eigenvalue weighted by Gasteiger charge is 2.50. The van der Waals surface area contributed by atoms with Gasteiger partial charge in [0, 0.05) is 31.9 Å². The maximum absolute atomic E-state index is 13.5. The first-order valence-electron chi connectivity index (χ1n) is 12.7. The molecular weight excluding hydrogens is 466 g/mol. The topological polar surface area (TPSA) is 85.0 Å². The van der Waals surface area contributed by atoms with Crippen molar-refractivity contribution in [3.8, 4) is 0 Å². The second kappa shape index (κ2) is 9.95. The average molecular weight is 500 g/mol. The van der Waals surface area contributed by atoms with Crippen molar-refractivity contribution < 1.29 is 14.4 Å². The summed E-state index contributed by atoms with van der Waals surface area (Å²) in [6.45, 7) is 9.05. The van der Waals surface area contributed by atoms with E-state index in [1.54, 1.807) is 6.92 Å². The van der Waals surface area contributed by atoms with E-state index in [1.165, 1.54) is 4.90 Å². The number of aryl methyl sites for hydroxylation is 1. The smallest absolute Gasteiger partial charge is 0.325 e. The number of carbonyl (C=O) groups excluding carboxylic acids is 3. The number of piperazine rings is 1. The van der Waals surface area contributed by atoms with Crippen molar-refractivity contribution in [2.24, 2.45) is 0 Å². The van der Waals surface area contributed by atoms with Crippen molar-refractivity contribution >= 4 is 34.3 Å². The van der Waals surface area contributed by atoms with E-state index in [0.717, 1.165) is 33.2 Å². The van der Waals surface area contributed by atoms with Gasteiger partial charge in [0.25, 0.3) is 5.91 Å². The fourth-order valence-corrected chi connectivity index (χ4v) is 5.24. The number of fused-ring (bicyclic) bond motifs is 1. The molecule has 8 heteroatoms. The van der Waals surface area contributed by atoms with Crippen LogP contribution >= 0.6 is 0 Å². The van der Waals surface area contributed by atoms with Gasteiger partial charge in [-0.25, -0.2) is 9.69 Å². The quantitative estimate of drug-likeness (QED) is 0.508. The van der Waals surface area contributed by atoms with Crippen LogP contribution in [0.1, 0.15) is 23.6 Å². The van der Waals surface area contributed by atoms with Gasteiger partial charge in [0.05, 0.1) is 13.2 Å². The number of hydrogen-bond donors (Lipinski definition) is 2. The molecule has 2 saturated heterocycles. The van der Waals surface area contributed by atoms with Crippen molar-refractivity contribution in [1.82, 2.24) is 20.0 Å². The monoisotopic (exact) mass is 499 g/mol. The lowest BCUT2D eigenvalue weighted by atomic mass is 9.88. The van der Waals surface area contributed by atoms with Crippen molar-refractivity contribution in [3.05, 3.63) is 77.4 Å². The molecule has 0 saturated carbocycles. The largest absolute Gasteiger partial charge is 0.326 e. The van der Waals surface area contributed by atoms with Crippen LogP contribution in [0, 0.1) is 13.8 Å². The van der Waals surface area contributed by atoms with Crippen molar-refractivity contribution in [2.45, 2.75) is 26.3 Å². The summed E-state index contributed by atoms with van der Waals surface area (Å²) < 4.78 is 0. The van der Waals surface area contributed by atoms with Crippen molar-refractivity contribution in [3.63, 3.8) is 0 Å². The van der Waals surface area contributed by atoms with Gasteiger partial charge in [-0.15, -0.1) is 0 Å². The lowest BCUT2D eigenvalue weighted by Crippen LogP contribution is -2.52. The Morgan fingerprint density at radius 3 is 2.38 bits per heavy atom. The molecule has 2 N–H and O–H groups in total. The summed E-state index contributed by atoms with van der Waals surface area (Å²) in [6, 6.07) is 19.2. The van der Waals surface area contributed by atoms with Gasteiger partial charge in [0.15, 0.2) is 0 Å². The molecule has 3 aromatic carbocycles. The number of benzene rings is 3. The summed E-state index contributed by atoms with van der Waals surface area (Å²) in [5.41, 5.74) is 2.74. The van der Waals surface area contributed by atoms with Gasteiger partial charge < -0.3 is 10.6 Å². The molecule has 3 aromatic rings. The first-order valence-corrected chi connectivity index (χ1v) is 12.7. The lowest BCUT2D eigenvalue weighted by Gasteiger charge is -2.35. The van der Waals surface area contributed by atoms with E-state index in [4.69, 9.17) is 0 Å². The second-order valence-corrected chi connectivity index (χ2v) is 10.1. The van der Waals surface area contributed by atoms with E-state index in [2.05, 4.69) is 20.4 Å². The van der Waals surface area contributed by atoms with E-state index in [-0.39, 0.29) is 24.5 Å². The zero-order valence-corrected chi connectivity index (χ0v) is 21.6. The van der Waals surface area contributed by atoms with Crippen LogP contribution in [0.3, 0.4) is 0 Å². The Balaban J connectivity index is 1.19. The molecule has 1 atom stereocenters. The van der Waals surface area contributed by atoms with Crippen molar-refractivity contribution in [1.29, 1.82) is 0 Å². The summed E-state index contributed by atoms with van der Waals surface area (Å²) >= 11 is 0. The molecule has 0 radical (unpaired) electrons. The number of carbonyl (C=O) groups is 3. The van der Waals surface area contributed by atoms with Crippen LogP contribution in [0.15, 0.2) is 60.7 Å². The Bertz CT molecular complexity index is 1360. The minimum Gasteiger partial charge on any atom is -0.325 e. The molecule has 8 nitrogen and oxygen atoms in total. The standard InChI is InChI=1S/C29H33N5O3/c1-20-8-6-13-25(21(20)2)30-26(35)18-32-14-16-33(17-15-32)19-34-27(36)29(3,31-28(34)37)24-12-7-10-22-9-4-5-11-23(22)24/h4-13H,14-19H2,1-3H3,(H,30,35)(H,31,37). The number of nitrogens with zero attached hydrogens (tertiary/aromatic N) is 3. The Labute approximate surface area is 217 Å². The number of amides is 4. The number of nitrogens with one attached hydrogen (secondary N) is 2. The molecule has 37 heavy (non-hydrogen) atoms. The molecule has 0 aliphatic carbocycles. The second-order valence-electron chi connectivity index (χ2n) is 10.1. The molecule has 2 aliphatic heterocycles. The highest BCUT2D eigenvalue weighted by molar-refractivity contribution is 6.09. The Kier molecular flexibility index (Phi) is 6.70. The highest BCUT2D eigenvalue weighted by atomic mass is 16.2. The summed E-state index contributed by atoms with van der Waals surface area (Å²) in [7, 11) is 0. The fraction of sp³-hybridized carbons (Fsp3) is 0.345. The van der Waals surface area contributed by atoms with Gasteiger partial charge in [0.1, 0.15) is 5.54 Å². The van der Waals surface area contributed by atoms with Crippen LogP contribution in [0.5, 0.6) is 0 Å². The normalized spacial score (nSPS) is 20.9. The Morgan fingerprint density at radius 1 is 0.919 bits per heavy atom. The first kappa shape index (κ1) is 24.9. The van der Waals surface area contributed by atoms with Gasteiger partial charge in [-0.1, -0.05) is 54.6 Å². The minimum absolute atomic E-state index is 0.0397. The van der Waals surface area contributed by atoms with Crippen LogP contribution in [-0.2, 0) is 15.1 Å². The molecular formula is C29H33N5O3. The Morgan fingerprint density at radius 2 is 1.59 bits per heavy atom. The molecule has 2 aliphatic rings. The Hall–Kier alpha value is -3.75. The summed E-state index contributed by atoms with van der Waals surface area (Å²) in [5.74, 6) is -0.286. The molecule has 0 spiro atoms. The summed E-state index contributed by atoms with van der Waals surface area (Å²) in [5, 5.41) is 7.94. The third kappa shape index (κ3) is 4.82. The molecule has 2 heterocycles. The summed E-state index contributed by atoms with van der Waals surface area (Å²) in [4.78, 5) is 44.6. The molecule has 5 rings (SSSR count). The highest BCUT2D eigenvalue weighted by Crippen LogP contribution is 2.34. The van der Waals surface area contributed by atoms with Gasteiger partial charge in [-0.05, 0) is 54.3 Å². The third-order valence-electron chi connectivity index (χ3n) is 7.66. The SMILES string of the molecule is Cc1cccc(NC(=O)CN2CCN(CN3C(=O)NC(C)(c4cccc5ccccc45)C3=O)CC2)c1C. The molecule has 4 amide bonds. The first-order chi connectivity index (χ1) is 17.8. The lowest BCUT2D eigenvalue weighted by molar-refractivity contribution is -0.132. The zero-order valence-electron chi connectivity index (χ0n) is 21.6. The maximum atomic E-state index is 13.5. The van der Waals surface area contributed by atoms with Crippen LogP contribution in [0.4, 0.5) is 10.5 Å². The van der Waals surface area contributed by atoms with E-state index >= 15 is 0 Å².